The van der Waals surface area contributed by atoms with Crippen LogP contribution in [0.3, 0.4) is 0 Å². The molecule has 0 spiro atoms. The molecule has 0 aromatic carbocycles. The van der Waals surface area contributed by atoms with Crippen LogP contribution in [0.5, 0.6) is 0 Å². The van der Waals surface area contributed by atoms with Gasteiger partial charge in [0.2, 0.25) is 0 Å². The first-order chi connectivity index (χ1) is 7.86. The Morgan fingerprint density at radius 1 is 1.50 bits per heavy atom. The predicted octanol–water partition coefficient (Wildman–Crippen LogP) is 1.51. The third kappa shape index (κ3) is 2.87. The highest BCUT2D eigenvalue weighted by Gasteiger charge is 2.05. The molecule has 2 heterocycles. The predicted molar refractivity (Wildman–Crippen MR) is 62.4 cm³/mol. The number of hydrogen-bond donors (Lipinski definition) is 1. The standard InChI is InChI=1S/C11H11N3OS/c15-11(10-7-16-8-14-10)13-5-3-9-2-1-4-12-6-9/h1-2,4,6-8H,3,5H2,(H,13,15). The zero-order chi connectivity index (χ0) is 11.2. The number of carbonyl (C=O) groups is 1. The average molecular weight is 233 g/mol. The van der Waals surface area contributed by atoms with Gasteiger partial charge in [0.25, 0.3) is 5.91 Å². The molecule has 0 radical (unpaired) electrons. The summed E-state index contributed by atoms with van der Waals surface area (Å²) in [5, 5.41) is 4.55. The monoisotopic (exact) mass is 233 g/mol. The number of nitrogens with zero attached hydrogens (tertiary/aromatic N) is 2. The lowest BCUT2D eigenvalue weighted by Crippen LogP contribution is -2.25. The molecular weight excluding hydrogens is 222 g/mol. The highest BCUT2D eigenvalue weighted by Crippen LogP contribution is 2.00. The molecule has 0 aliphatic rings. The molecule has 2 aromatic rings. The van der Waals surface area contributed by atoms with E-state index in [2.05, 4.69) is 15.3 Å². The highest BCUT2D eigenvalue weighted by atomic mass is 32.1. The fourth-order valence-corrected chi connectivity index (χ4v) is 1.81. The van der Waals surface area contributed by atoms with Crippen LogP contribution in [-0.4, -0.2) is 22.4 Å². The maximum Gasteiger partial charge on any atom is 0.270 e. The molecule has 0 fully saturated rings. The summed E-state index contributed by atoms with van der Waals surface area (Å²) in [6.07, 6.45) is 4.32. The van der Waals surface area contributed by atoms with Gasteiger partial charge in [-0.15, -0.1) is 11.3 Å². The minimum atomic E-state index is -0.120. The Kier molecular flexibility index (Phi) is 3.61. The first kappa shape index (κ1) is 10.8. The van der Waals surface area contributed by atoms with E-state index < -0.39 is 0 Å². The van der Waals surface area contributed by atoms with Crippen molar-refractivity contribution >= 4 is 17.2 Å². The van der Waals surface area contributed by atoms with Gasteiger partial charge in [0.15, 0.2) is 0 Å². The highest BCUT2D eigenvalue weighted by molar-refractivity contribution is 7.07. The van der Waals surface area contributed by atoms with Crippen LogP contribution in [0, 0.1) is 0 Å². The van der Waals surface area contributed by atoms with Crippen molar-refractivity contribution in [3.63, 3.8) is 0 Å². The molecule has 0 saturated carbocycles. The Labute approximate surface area is 97.4 Å². The second-order valence-corrected chi connectivity index (χ2v) is 3.96. The zero-order valence-electron chi connectivity index (χ0n) is 8.59. The smallest absolute Gasteiger partial charge is 0.270 e. The molecule has 1 amide bonds. The lowest BCUT2D eigenvalue weighted by atomic mass is 10.2. The first-order valence-electron chi connectivity index (χ1n) is 4.91. The molecule has 16 heavy (non-hydrogen) atoms. The van der Waals surface area contributed by atoms with Gasteiger partial charge in [0.1, 0.15) is 5.69 Å². The maximum absolute atomic E-state index is 11.5. The molecular formula is C11H11N3OS. The van der Waals surface area contributed by atoms with E-state index in [4.69, 9.17) is 0 Å². The largest absolute Gasteiger partial charge is 0.350 e. The fourth-order valence-electron chi connectivity index (χ4n) is 1.28. The van der Waals surface area contributed by atoms with E-state index in [1.165, 1.54) is 11.3 Å². The van der Waals surface area contributed by atoms with Crippen LogP contribution in [0.15, 0.2) is 35.4 Å². The minimum absolute atomic E-state index is 0.120. The third-order valence-corrected chi connectivity index (χ3v) is 2.67. The number of nitrogens with one attached hydrogen (secondary N) is 1. The number of aromatic nitrogens is 2. The van der Waals surface area contributed by atoms with Gasteiger partial charge in [-0.05, 0) is 18.1 Å². The van der Waals surface area contributed by atoms with Crippen molar-refractivity contribution in [3.8, 4) is 0 Å². The van der Waals surface area contributed by atoms with Crippen molar-refractivity contribution in [2.45, 2.75) is 6.42 Å². The Bertz CT molecular complexity index is 442. The number of thiazole rings is 1. The minimum Gasteiger partial charge on any atom is -0.350 e. The number of carbonyl (C=O) groups excluding carboxylic acids is 1. The SMILES string of the molecule is O=C(NCCc1cccnc1)c1cscn1. The second kappa shape index (κ2) is 5.37. The van der Waals surface area contributed by atoms with E-state index >= 15 is 0 Å². The third-order valence-electron chi connectivity index (χ3n) is 2.09. The number of hydrogen-bond acceptors (Lipinski definition) is 4. The van der Waals surface area contributed by atoms with Crippen LogP contribution in [0.2, 0.25) is 0 Å². The van der Waals surface area contributed by atoms with Gasteiger partial charge < -0.3 is 5.32 Å². The van der Waals surface area contributed by atoms with Gasteiger partial charge in [-0.3, -0.25) is 9.78 Å². The van der Waals surface area contributed by atoms with E-state index in [-0.39, 0.29) is 5.91 Å². The Morgan fingerprint density at radius 2 is 2.44 bits per heavy atom. The molecule has 0 saturated heterocycles. The lowest BCUT2D eigenvalue weighted by molar-refractivity contribution is 0.0950. The number of pyridine rings is 1. The van der Waals surface area contributed by atoms with E-state index in [1.54, 1.807) is 23.3 Å². The van der Waals surface area contributed by atoms with Gasteiger partial charge in [0, 0.05) is 24.3 Å². The molecule has 0 unspecified atom stereocenters. The number of amides is 1. The molecule has 5 heteroatoms. The van der Waals surface area contributed by atoms with Crippen LogP contribution in [0.25, 0.3) is 0 Å². The van der Waals surface area contributed by atoms with Crippen molar-refractivity contribution in [1.29, 1.82) is 0 Å². The van der Waals surface area contributed by atoms with Gasteiger partial charge in [-0.2, -0.15) is 0 Å². The van der Waals surface area contributed by atoms with Crippen LogP contribution in [0.4, 0.5) is 0 Å². The van der Waals surface area contributed by atoms with E-state index in [9.17, 15) is 4.79 Å². The Morgan fingerprint density at radius 3 is 3.12 bits per heavy atom. The molecule has 82 valence electrons. The molecule has 2 rings (SSSR count). The van der Waals surface area contributed by atoms with Crippen LogP contribution in [0.1, 0.15) is 16.1 Å². The summed E-state index contributed by atoms with van der Waals surface area (Å²) in [5.41, 5.74) is 3.24. The summed E-state index contributed by atoms with van der Waals surface area (Å²) in [6.45, 7) is 0.599. The Hall–Kier alpha value is -1.75. The second-order valence-electron chi connectivity index (χ2n) is 3.24. The quantitative estimate of drug-likeness (QED) is 0.871. The van der Waals surface area contributed by atoms with E-state index in [0.717, 1.165) is 12.0 Å². The van der Waals surface area contributed by atoms with Gasteiger partial charge in [-0.25, -0.2) is 4.98 Å². The summed E-state index contributed by atoms with van der Waals surface area (Å²) in [7, 11) is 0. The summed E-state index contributed by atoms with van der Waals surface area (Å²) < 4.78 is 0. The van der Waals surface area contributed by atoms with Crippen LogP contribution in [-0.2, 0) is 6.42 Å². The summed E-state index contributed by atoms with van der Waals surface area (Å²) in [6, 6.07) is 3.87. The van der Waals surface area contributed by atoms with Gasteiger partial charge in [0.05, 0.1) is 5.51 Å². The Balaban J connectivity index is 1.79. The van der Waals surface area contributed by atoms with E-state index in [0.29, 0.717) is 12.2 Å². The molecule has 0 aliphatic carbocycles. The molecule has 0 aliphatic heterocycles. The molecule has 0 bridgehead atoms. The molecule has 0 atom stereocenters. The zero-order valence-corrected chi connectivity index (χ0v) is 9.41. The van der Waals surface area contributed by atoms with Crippen LogP contribution < -0.4 is 5.32 Å². The normalized spacial score (nSPS) is 10.0. The molecule has 1 N–H and O–H groups in total. The summed E-state index contributed by atoms with van der Waals surface area (Å²) in [4.78, 5) is 19.5. The van der Waals surface area contributed by atoms with Crippen molar-refractivity contribution in [2.24, 2.45) is 0 Å². The van der Waals surface area contributed by atoms with Crippen molar-refractivity contribution in [2.75, 3.05) is 6.54 Å². The summed E-state index contributed by atoms with van der Waals surface area (Å²) in [5.74, 6) is -0.120. The molecule has 4 nitrogen and oxygen atoms in total. The van der Waals surface area contributed by atoms with Crippen molar-refractivity contribution in [3.05, 3.63) is 46.7 Å². The van der Waals surface area contributed by atoms with E-state index in [1.807, 2.05) is 12.1 Å². The fraction of sp³-hybridized carbons (Fsp3) is 0.182. The van der Waals surface area contributed by atoms with Gasteiger partial charge >= 0.3 is 0 Å². The first-order valence-corrected chi connectivity index (χ1v) is 5.86. The number of rotatable bonds is 4. The van der Waals surface area contributed by atoms with Crippen molar-refractivity contribution < 1.29 is 4.79 Å². The lowest BCUT2D eigenvalue weighted by Gasteiger charge is -2.02. The topological polar surface area (TPSA) is 54.9 Å². The maximum atomic E-state index is 11.5. The molecule has 2 aromatic heterocycles. The van der Waals surface area contributed by atoms with Crippen molar-refractivity contribution in [1.82, 2.24) is 15.3 Å². The van der Waals surface area contributed by atoms with Gasteiger partial charge in [-0.1, -0.05) is 6.07 Å². The average Bonchev–Trinajstić information content (AvgIpc) is 2.84. The summed E-state index contributed by atoms with van der Waals surface area (Å²) >= 11 is 1.42. The van der Waals surface area contributed by atoms with Crippen LogP contribution >= 0.6 is 11.3 Å².